The third kappa shape index (κ3) is 1.45. The minimum absolute atomic E-state index is 0.279. The molecular weight excluding hydrogens is 174 g/mol. The summed E-state index contributed by atoms with van der Waals surface area (Å²) < 4.78 is 2.21. The predicted octanol–water partition coefficient (Wildman–Crippen LogP) is 2.69. The summed E-state index contributed by atoms with van der Waals surface area (Å²) in [6.07, 6.45) is 7.06. The second kappa shape index (κ2) is 3.37. The molecule has 0 aromatic carbocycles. The lowest BCUT2D eigenvalue weighted by Gasteiger charge is -2.24. The first-order valence-corrected chi connectivity index (χ1v) is 5.53. The molecule has 0 aliphatic heterocycles. The summed E-state index contributed by atoms with van der Waals surface area (Å²) in [5.41, 5.74) is 0.279. The van der Waals surface area contributed by atoms with Crippen molar-refractivity contribution in [2.24, 2.45) is 0 Å². The average Bonchev–Trinajstić information content (AvgIpc) is 2.71. The van der Waals surface area contributed by atoms with E-state index in [4.69, 9.17) is 0 Å². The highest BCUT2D eigenvalue weighted by atomic mass is 15.3. The molecule has 1 saturated carbocycles. The second-order valence-corrected chi connectivity index (χ2v) is 4.92. The van der Waals surface area contributed by atoms with Crippen LogP contribution in [-0.2, 0) is 5.41 Å². The predicted molar refractivity (Wildman–Crippen MR) is 56.2 cm³/mol. The maximum atomic E-state index is 4.30. The van der Waals surface area contributed by atoms with Crippen molar-refractivity contribution in [1.29, 1.82) is 0 Å². The van der Waals surface area contributed by atoms with Crippen molar-refractivity contribution < 1.29 is 0 Å². The Bertz CT molecular complexity index is 308. The van der Waals surface area contributed by atoms with Crippen LogP contribution in [-0.4, -0.2) is 14.8 Å². The van der Waals surface area contributed by atoms with E-state index >= 15 is 0 Å². The fourth-order valence-corrected chi connectivity index (χ4v) is 2.43. The number of hydrogen-bond donors (Lipinski definition) is 0. The van der Waals surface area contributed by atoms with Gasteiger partial charge in [0.2, 0.25) is 0 Å². The van der Waals surface area contributed by atoms with Gasteiger partial charge in [0.05, 0.1) is 0 Å². The zero-order valence-corrected chi connectivity index (χ0v) is 9.32. The van der Waals surface area contributed by atoms with Gasteiger partial charge >= 0.3 is 0 Å². The SMILES string of the molecule is CC(C)n1cnnc1C1(C)CCCC1. The van der Waals surface area contributed by atoms with E-state index in [0.717, 1.165) is 0 Å². The molecule has 1 aliphatic rings. The number of rotatable bonds is 2. The van der Waals surface area contributed by atoms with Gasteiger partial charge in [-0.25, -0.2) is 0 Å². The molecule has 3 heteroatoms. The molecule has 0 spiro atoms. The van der Waals surface area contributed by atoms with Crippen molar-refractivity contribution in [2.75, 3.05) is 0 Å². The highest BCUT2D eigenvalue weighted by Gasteiger charge is 2.35. The van der Waals surface area contributed by atoms with E-state index in [0.29, 0.717) is 6.04 Å². The normalized spacial score (nSPS) is 20.6. The highest BCUT2D eigenvalue weighted by Crippen LogP contribution is 2.39. The molecule has 3 nitrogen and oxygen atoms in total. The van der Waals surface area contributed by atoms with E-state index in [1.54, 1.807) is 0 Å². The van der Waals surface area contributed by atoms with Crippen LogP contribution in [0, 0.1) is 0 Å². The Morgan fingerprint density at radius 3 is 2.57 bits per heavy atom. The van der Waals surface area contributed by atoms with Crippen molar-refractivity contribution in [2.45, 2.75) is 57.9 Å². The Morgan fingerprint density at radius 1 is 1.36 bits per heavy atom. The number of aromatic nitrogens is 3. The van der Waals surface area contributed by atoms with Gasteiger partial charge in [-0.1, -0.05) is 19.8 Å². The smallest absolute Gasteiger partial charge is 0.138 e. The first-order chi connectivity index (χ1) is 6.63. The summed E-state index contributed by atoms with van der Waals surface area (Å²) in [6, 6.07) is 0.470. The van der Waals surface area contributed by atoms with Crippen LogP contribution >= 0.6 is 0 Å². The van der Waals surface area contributed by atoms with E-state index < -0.39 is 0 Å². The summed E-state index contributed by atoms with van der Waals surface area (Å²) in [7, 11) is 0. The van der Waals surface area contributed by atoms with Gasteiger partial charge in [0.15, 0.2) is 0 Å². The molecule has 0 bridgehead atoms. The molecule has 14 heavy (non-hydrogen) atoms. The lowest BCUT2D eigenvalue weighted by molar-refractivity contribution is 0.414. The van der Waals surface area contributed by atoms with E-state index in [-0.39, 0.29) is 5.41 Å². The third-order valence-electron chi connectivity index (χ3n) is 3.38. The van der Waals surface area contributed by atoms with Gasteiger partial charge in [-0.05, 0) is 26.7 Å². The van der Waals surface area contributed by atoms with Gasteiger partial charge in [-0.3, -0.25) is 0 Å². The molecule has 1 aromatic rings. The molecule has 1 heterocycles. The average molecular weight is 193 g/mol. The van der Waals surface area contributed by atoms with Gasteiger partial charge in [0, 0.05) is 11.5 Å². The fourth-order valence-electron chi connectivity index (χ4n) is 2.43. The lowest BCUT2D eigenvalue weighted by Crippen LogP contribution is -2.23. The van der Waals surface area contributed by atoms with E-state index in [9.17, 15) is 0 Å². The molecule has 0 saturated heterocycles. The van der Waals surface area contributed by atoms with Gasteiger partial charge < -0.3 is 4.57 Å². The summed E-state index contributed by atoms with van der Waals surface area (Å²) in [4.78, 5) is 0. The molecule has 1 aromatic heterocycles. The molecular formula is C11H19N3. The van der Waals surface area contributed by atoms with E-state index in [1.165, 1.54) is 31.5 Å². The van der Waals surface area contributed by atoms with Crippen molar-refractivity contribution in [3.63, 3.8) is 0 Å². The maximum Gasteiger partial charge on any atom is 0.138 e. The van der Waals surface area contributed by atoms with Crippen LogP contribution in [0.25, 0.3) is 0 Å². The van der Waals surface area contributed by atoms with E-state index in [1.807, 2.05) is 6.33 Å². The zero-order chi connectivity index (χ0) is 10.2. The minimum atomic E-state index is 0.279. The molecule has 78 valence electrons. The van der Waals surface area contributed by atoms with Gasteiger partial charge in [-0.2, -0.15) is 0 Å². The number of nitrogens with zero attached hydrogens (tertiary/aromatic N) is 3. The Balaban J connectivity index is 2.35. The first kappa shape index (κ1) is 9.69. The van der Waals surface area contributed by atoms with Crippen molar-refractivity contribution >= 4 is 0 Å². The maximum absolute atomic E-state index is 4.30. The van der Waals surface area contributed by atoms with Crippen molar-refractivity contribution in [1.82, 2.24) is 14.8 Å². The number of hydrogen-bond acceptors (Lipinski definition) is 2. The molecule has 0 N–H and O–H groups in total. The standard InChI is InChI=1S/C11H19N3/c1-9(2)14-8-12-13-10(14)11(3)6-4-5-7-11/h8-9H,4-7H2,1-3H3. The Morgan fingerprint density at radius 2 is 2.00 bits per heavy atom. The summed E-state index contributed by atoms with van der Waals surface area (Å²) in [5.74, 6) is 1.19. The zero-order valence-electron chi connectivity index (χ0n) is 9.32. The molecule has 1 aliphatic carbocycles. The Kier molecular flexibility index (Phi) is 2.33. The van der Waals surface area contributed by atoms with Crippen molar-refractivity contribution in [3.05, 3.63) is 12.2 Å². The van der Waals surface area contributed by atoms with E-state index in [2.05, 4.69) is 35.5 Å². The Hall–Kier alpha value is -0.860. The summed E-state index contributed by atoms with van der Waals surface area (Å²) in [6.45, 7) is 6.69. The monoisotopic (exact) mass is 193 g/mol. The molecule has 2 rings (SSSR count). The van der Waals surface area contributed by atoms with Gasteiger partial charge in [-0.15, -0.1) is 10.2 Å². The third-order valence-corrected chi connectivity index (χ3v) is 3.38. The first-order valence-electron chi connectivity index (χ1n) is 5.53. The van der Waals surface area contributed by atoms with Crippen LogP contribution in [0.1, 0.15) is 58.3 Å². The largest absolute Gasteiger partial charge is 0.315 e. The summed E-state index contributed by atoms with van der Waals surface area (Å²) >= 11 is 0. The molecule has 0 atom stereocenters. The molecule has 0 amide bonds. The van der Waals surface area contributed by atoms with Crippen LogP contribution in [0.4, 0.5) is 0 Å². The van der Waals surface area contributed by atoms with Crippen LogP contribution in [0.3, 0.4) is 0 Å². The quantitative estimate of drug-likeness (QED) is 0.723. The van der Waals surface area contributed by atoms with Crippen LogP contribution < -0.4 is 0 Å². The lowest BCUT2D eigenvalue weighted by atomic mass is 9.87. The highest BCUT2D eigenvalue weighted by molar-refractivity contribution is 5.09. The molecule has 0 radical (unpaired) electrons. The van der Waals surface area contributed by atoms with Crippen LogP contribution in [0.15, 0.2) is 6.33 Å². The molecule has 0 unspecified atom stereocenters. The van der Waals surface area contributed by atoms with Gasteiger partial charge in [0.25, 0.3) is 0 Å². The van der Waals surface area contributed by atoms with Crippen LogP contribution in [0.5, 0.6) is 0 Å². The minimum Gasteiger partial charge on any atom is -0.315 e. The second-order valence-electron chi connectivity index (χ2n) is 4.92. The van der Waals surface area contributed by atoms with Crippen molar-refractivity contribution in [3.8, 4) is 0 Å². The molecule has 1 fully saturated rings. The Labute approximate surface area is 85.5 Å². The van der Waals surface area contributed by atoms with Gasteiger partial charge in [0.1, 0.15) is 12.2 Å². The fraction of sp³-hybridized carbons (Fsp3) is 0.818. The topological polar surface area (TPSA) is 30.7 Å². The summed E-state index contributed by atoms with van der Waals surface area (Å²) in [5, 5.41) is 8.35. The van der Waals surface area contributed by atoms with Crippen LogP contribution in [0.2, 0.25) is 0 Å².